The van der Waals surface area contributed by atoms with E-state index < -0.39 is 23.9 Å². The number of hydrogen-bond acceptors (Lipinski definition) is 7. The molecule has 3 N–H and O–H groups in total. The lowest BCUT2D eigenvalue weighted by molar-refractivity contribution is -0.109. The minimum Gasteiger partial charge on any atom is -0.444 e. The summed E-state index contributed by atoms with van der Waals surface area (Å²) >= 11 is 2.17. The van der Waals surface area contributed by atoms with E-state index in [1.165, 1.54) is 18.3 Å². The highest BCUT2D eigenvalue weighted by Gasteiger charge is 2.22. The number of carbonyl (C=O) groups is 2. The summed E-state index contributed by atoms with van der Waals surface area (Å²) in [5.74, 6) is 0.112. The highest BCUT2D eigenvalue weighted by atomic mass is 32.2. The zero-order valence-corrected chi connectivity index (χ0v) is 14.6. The lowest BCUT2D eigenvalue weighted by Crippen LogP contribution is -2.27. The maximum atomic E-state index is 11.6. The molecule has 2 atom stereocenters. The zero-order chi connectivity index (χ0) is 16.9. The van der Waals surface area contributed by atoms with E-state index >= 15 is 0 Å². The second-order valence-corrected chi connectivity index (χ2v) is 7.79. The first-order valence-corrected chi connectivity index (χ1v) is 8.53. The van der Waals surface area contributed by atoms with Crippen LogP contribution in [0.2, 0.25) is 0 Å². The van der Waals surface area contributed by atoms with Crippen LogP contribution in [0, 0.1) is 0 Å². The smallest absolute Gasteiger partial charge is 0.412 e. The predicted octanol–water partition coefficient (Wildman–Crippen LogP) is 2.77. The van der Waals surface area contributed by atoms with Crippen LogP contribution in [-0.4, -0.2) is 38.9 Å². The van der Waals surface area contributed by atoms with Crippen LogP contribution in [0.15, 0.2) is 11.4 Å². The maximum absolute atomic E-state index is 11.6. The van der Waals surface area contributed by atoms with Gasteiger partial charge in [-0.2, -0.15) is 0 Å². The first-order chi connectivity index (χ1) is 10.1. The quantitative estimate of drug-likeness (QED) is 0.758. The highest BCUT2D eigenvalue weighted by Crippen LogP contribution is 2.28. The van der Waals surface area contributed by atoms with Crippen molar-refractivity contribution < 1.29 is 24.5 Å². The summed E-state index contributed by atoms with van der Waals surface area (Å²) in [6, 6.07) is 1.57. The van der Waals surface area contributed by atoms with Gasteiger partial charge in [0.15, 0.2) is 5.12 Å². The van der Waals surface area contributed by atoms with Crippen LogP contribution in [0.1, 0.15) is 39.4 Å². The number of aliphatic hydroxyl groups is 2. The topological polar surface area (TPSA) is 95.9 Å². The third-order valence-electron chi connectivity index (χ3n) is 2.41. The molecule has 0 aliphatic carbocycles. The molecule has 0 aliphatic rings. The molecule has 8 heteroatoms. The van der Waals surface area contributed by atoms with Gasteiger partial charge in [-0.25, -0.2) is 4.79 Å². The van der Waals surface area contributed by atoms with E-state index in [-0.39, 0.29) is 10.9 Å². The molecule has 0 aromatic carbocycles. The molecule has 0 fully saturated rings. The average Bonchev–Trinajstić information content (AvgIpc) is 2.80. The molecular formula is C14H21NO5S2. The zero-order valence-electron chi connectivity index (χ0n) is 13.0. The molecule has 0 saturated carbocycles. The second-order valence-electron chi connectivity index (χ2n) is 5.69. The fourth-order valence-electron chi connectivity index (χ4n) is 1.49. The molecule has 0 aliphatic heterocycles. The monoisotopic (exact) mass is 347 g/mol. The second kappa shape index (κ2) is 7.96. The van der Waals surface area contributed by atoms with E-state index in [4.69, 9.17) is 4.74 Å². The van der Waals surface area contributed by atoms with Gasteiger partial charge in [-0.3, -0.25) is 10.1 Å². The number of thiophene rings is 1. The molecule has 0 radical (unpaired) electrons. The van der Waals surface area contributed by atoms with E-state index in [2.05, 4.69) is 5.32 Å². The number of aliphatic hydroxyl groups excluding tert-OH is 2. The lowest BCUT2D eigenvalue weighted by atomic mass is 10.1. The Labute approximate surface area is 137 Å². The lowest BCUT2D eigenvalue weighted by Gasteiger charge is -2.19. The van der Waals surface area contributed by atoms with E-state index in [1.54, 1.807) is 32.2 Å². The fraction of sp³-hybridized carbons (Fsp3) is 0.571. The van der Waals surface area contributed by atoms with Gasteiger partial charge in [-0.1, -0.05) is 11.8 Å². The number of hydrogen-bond donors (Lipinski definition) is 3. The number of nitrogens with one attached hydrogen (secondary N) is 1. The van der Waals surface area contributed by atoms with Gasteiger partial charge in [0.25, 0.3) is 0 Å². The minimum absolute atomic E-state index is 0.112. The Hall–Kier alpha value is -1.09. The molecule has 124 valence electrons. The molecule has 1 rings (SSSR count). The molecule has 1 heterocycles. The van der Waals surface area contributed by atoms with Gasteiger partial charge < -0.3 is 14.9 Å². The number of rotatable bonds is 5. The van der Waals surface area contributed by atoms with Crippen molar-refractivity contribution in [3.05, 3.63) is 17.0 Å². The van der Waals surface area contributed by atoms with Gasteiger partial charge >= 0.3 is 6.09 Å². The average molecular weight is 347 g/mol. The molecular weight excluding hydrogens is 326 g/mol. The Morgan fingerprint density at radius 3 is 2.59 bits per heavy atom. The van der Waals surface area contributed by atoms with Gasteiger partial charge in [0.05, 0.1) is 11.1 Å². The number of thioether (sulfide) groups is 1. The minimum atomic E-state index is -1.11. The standard InChI is InChI=1S/C14H21NO5S2/c1-8(16)21-7-10(17)12(18)9-5-11(22-6-9)15-13(19)20-14(2,3)4/h5-6,10,12,17-18H,7H2,1-4H3,(H,15,19). The van der Waals surface area contributed by atoms with Crippen molar-refractivity contribution in [3.8, 4) is 0 Å². The number of amides is 1. The Bertz CT molecular complexity index is 524. The van der Waals surface area contributed by atoms with Crippen molar-refractivity contribution in [3.63, 3.8) is 0 Å². The Morgan fingerprint density at radius 2 is 2.05 bits per heavy atom. The Kier molecular flexibility index (Phi) is 6.86. The fourth-order valence-corrected chi connectivity index (χ4v) is 2.90. The molecule has 1 amide bonds. The molecule has 2 unspecified atom stereocenters. The van der Waals surface area contributed by atoms with Crippen molar-refractivity contribution >= 4 is 39.3 Å². The van der Waals surface area contributed by atoms with Crippen LogP contribution < -0.4 is 5.32 Å². The van der Waals surface area contributed by atoms with Gasteiger partial charge in [-0.15, -0.1) is 11.3 Å². The number of ether oxygens (including phenoxy) is 1. The Morgan fingerprint density at radius 1 is 1.41 bits per heavy atom. The third-order valence-corrected chi connectivity index (χ3v) is 4.19. The Balaban J connectivity index is 2.59. The summed E-state index contributed by atoms with van der Waals surface area (Å²) < 4.78 is 5.13. The molecule has 0 bridgehead atoms. The van der Waals surface area contributed by atoms with Crippen LogP contribution in [0.3, 0.4) is 0 Å². The van der Waals surface area contributed by atoms with Crippen LogP contribution in [-0.2, 0) is 9.53 Å². The van der Waals surface area contributed by atoms with Crippen LogP contribution in [0.25, 0.3) is 0 Å². The summed E-state index contributed by atoms with van der Waals surface area (Å²) in [6.07, 6.45) is -2.75. The van der Waals surface area contributed by atoms with Crippen molar-refractivity contribution in [2.75, 3.05) is 11.1 Å². The third kappa shape index (κ3) is 6.78. The van der Waals surface area contributed by atoms with Gasteiger partial charge in [0.2, 0.25) is 0 Å². The summed E-state index contributed by atoms with van der Waals surface area (Å²) in [6.45, 7) is 6.69. The summed E-state index contributed by atoms with van der Waals surface area (Å²) in [4.78, 5) is 22.5. The van der Waals surface area contributed by atoms with Gasteiger partial charge in [-0.05, 0) is 37.8 Å². The first kappa shape index (κ1) is 19.0. The van der Waals surface area contributed by atoms with Crippen LogP contribution in [0.5, 0.6) is 0 Å². The summed E-state index contributed by atoms with van der Waals surface area (Å²) in [7, 11) is 0. The predicted molar refractivity (Wildman–Crippen MR) is 88.3 cm³/mol. The van der Waals surface area contributed by atoms with Crippen molar-refractivity contribution in [2.45, 2.75) is 45.5 Å². The van der Waals surface area contributed by atoms with Crippen molar-refractivity contribution in [2.24, 2.45) is 0 Å². The van der Waals surface area contributed by atoms with Crippen LogP contribution in [0.4, 0.5) is 9.80 Å². The van der Waals surface area contributed by atoms with Gasteiger partial charge in [0, 0.05) is 12.7 Å². The van der Waals surface area contributed by atoms with Gasteiger partial charge in [0.1, 0.15) is 11.7 Å². The molecule has 1 aromatic rings. The largest absolute Gasteiger partial charge is 0.444 e. The molecule has 0 spiro atoms. The van der Waals surface area contributed by atoms with E-state index in [9.17, 15) is 19.8 Å². The van der Waals surface area contributed by atoms with Crippen molar-refractivity contribution in [1.82, 2.24) is 0 Å². The van der Waals surface area contributed by atoms with E-state index in [0.717, 1.165) is 11.8 Å². The number of carbonyl (C=O) groups excluding carboxylic acids is 2. The van der Waals surface area contributed by atoms with E-state index in [0.29, 0.717) is 10.6 Å². The molecule has 1 aromatic heterocycles. The highest BCUT2D eigenvalue weighted by molar-refractivity contribution is 8.13. The van der Waals surface area contributed by atoms with Crippen LogP contribution >= 0.6 is 23.1 Å². The van der Waals surface area contributed by atoms with Crippen molar-refractivity contribution in [1.29, 1.82) is 0 Å². The first-order valence-electron chi connectivity index (χ1n) is 6.66. The summed E-state index contributed by atoms with van der Waals surface area (Å²) in [5.41, 5.74) is -0.114. The SMILES string of the molecule is CC(=O)SCC(O)C(O)c1csc(NC(=O)OC(C)(C)C)c1. The number of anilines is 1. The summed E-state index contributed by atoms with van der Waals surface area (Å²) in [5, 5.41) is 24.5. The van der Waals surface area contributed by atoms with E-state index in [1.807, 2.05) is 0 Å². The maximum Gasteiger partial charge on any atom is 0.412 e. The molecule has 22 heavy (non-hydrogen) atoms. The molecule has 6 nitrogen and oxygen atoms in total. The molecule has 0 saturated heterocycles. The normalized spacial score (nSPS) is 14.3.